The molecule has 1 heterocycles. The van der Waals surface area contributed by atoms with Gasteiger partial charge in [0, 0.05) is 30.1 Å². The maximum absolute atomic E-state index is 13.3. The van der Waals surface area contributed by atoms with Crippen LogP contribution in [0.2, 0.25) is 0 Å². The van der Waals surface area contributed by atoms with Crippen LogP contribution in [-0.2, 0) is 35.0 Å². The molecule has 2 atom stereocenters. The number of hydrogen-bond acceptors (Lipinski definition) is 10. The average molecular weight is 583 g/mol. The fraction of sp³-hybridized carbons (Fsp3) is 0.419. The van der Waals surface area contributed by atoms with Gasteiger partial charge in [-0.25, -0.2) is 9.59 Å². The molecule has 2 aromatic carbocycles. The number of methoxy groups -OCH3 is 1. The van der Waals surface area contributed by atoms with E-state index in [2.05, 4.69) is 5.32 Å². The Bertz CT molecular complexity index is 1320. The van der Waals surface area contributed by atoms with Crippen LogP contribution in [0.15, 0.2) is 71.1 Å². The van der Waals surface area contributed by atoms with Crippen molar-refractivity contribution >= 4 is 17.6 Å². The molecule has 1 aliphatic rings. The van der Waals surface area contributed by atoms with E-state index in [1.807, 2.05) is 38.1 Å². The van der Waals surface area contributed by atoms with Gasteiger partial charge in [0.25, 0.3) is 5.69 Å². The van der Waals surface area contributed by atoms with Crippen LogP contribution in [0.1, 0.15) is 51.2 Å². The number of non-ortho nitro benzene ring substituents is 1. The van der Waals surface area contributed by atoms with Crippen LogP contribution in [0.25, 0.3) is 0 Å². The zero-order chi connectivity index (χ0) is 30.6. The molecule has 0 bridgehead atoms. The van der Waals surface area contributed by atoms with Gasteiger partial charge in [0.05, 0.1) is 35.2 Å². The maximum atomic E-state index is 13.3. The third-order valence-corrected chi connectivity index (χ3v) is 6.62. The molecule has 2 aromatic rings. The Morgan fingerprint density at radius 3 is 2.33 bits per heavy atom. The van der Waals surface area contributed by atoms with Crippen molar-refractivity contribution in [3.8, 4) is 5.75 Å². The van der Waals surface area contributed by atoms with Gasteiger partial charge in [-0.2, -0.15) is 0 Å². The normalized spacial score (nSPS) is 15.6. The molecule has 0 fully saturated rings. The van der Waals surface area contributed by atoms with Crippen LogP contribution < -0.4 is 10.1 Å². The SMILES string of the molecule is CCCOCO[C@@H](C)Cc1ccc(OCCOC(=O)C2=C(C)NC(C)=C(C(=O)OC)C2c2cccc([N+](=O)[O-])c2)cc1. The van der Waals surface area contributed by atoms with Gasteiger partial charge in [0.1, 0.15) is 25.8 Å². The Morgan fingerprint density at radius 1 is 1.00 bits per heavy atom. The molecule has 0 aromatic heterocycles. The Kier molecular flexibility index (Phi) is 12.1. The Morgan fingerprint density at radius 2 is 1.69 bits per heavy atom. The highest BCUT2D eigenvalue weighted by Gasteiger charge is 2.38. The van der Waals surface area contributed by atoms with Gasteiger partial charge in [0.2, 0.25) is 0 Å². The van der Waals surface area contributed by atoms with Crippen LogP contribution in [0.3, 0.4) is 0 Å². The molecule has 42 heavy (non-hydrogen) atoms. The maximum Gasteiger partial charge on any atom is 0.336 e. The Labute approximate surface area is 245 Å². The zero-order valence-electron chi connectivity index (χ0n) is 24.6. The molecule has 1 aliphatic heterocycles. The molecule has 226 valence electrons. The first-order valence-corrected chi connectivity index (χ1v) is 13.8. The van der Waals surface area contributed by atoms with Crippen LogP contribution in [0.5, 0.6) is 5.75 Å². The third-order valence-electron chi connectivity index (χ3n) is 6.62. The Hall–Kier alpha value is -4.22. The van der Waals surface area contributed by atoms with Gasteiger partial charge < -0.3 is 29.0 Å². The summed E-state index contributed by atoms with van der Waals surface area (Å²) in [4.78, 5) is 37.0. The third kappa shape index (κ3) is 8.64. The summed E-state index contributed by atoms with van der Waals surface area (Å²) < 4.78 is 27.3. The number of rotatable bonds is 15. The van der Waals surface area contributed by atoms with Crippen molar-refractivity contribution in [1.82, 2.24) is 5.32 Å². The van der Waals surface area contributed by atoms with E-state index in [9.17, 15) is 19.7 Å². The predicted molar refractivity (Wildman–Crippen MR) is 155 cm³/mol. The second-order valence-electron chi connectivity index (χ2n) is 9.81. The molecular formula is C31H38N2O9. The van der Waals surface area contributed by atoms with Gasteiger partial charge in [-0.1, -0.05) is 31.2 Å². The van der Waals surface area contributed by atoms with Crippen LogP contribution in [-0.4, -0.2) is 56.7 Å². The number of esters is 2. The number of ether oxygens (including phenoxy) is 5. The highest BCUT2D eigenvalue weighted by Crippen LogP contribution is 2.40. The number of carbonyl (C=O) groups excluding carboxylic acids is 2. The first kappa shape index (κ1) is 32.3. The second-order valence-corrected chi connectivity index (χ2v) is 9.81. The van der Waals surface area contributed by atoms with E-state index in [0.29, 0.717) is 29.3 Å². The van der Waals surface area contributed by atoms with Crippen LogP contribution in [0.4, 0.5) is 5.69 Å². The molecule has 0 aliphatic carbocycles. The van der Waals surface area contributed by atoms with E-state index in [0.717, 1.165) is 18.4 Å². The van der Waals surface area contributed by atoms with Crippen molar-refractivity contribution in [3.63, 3.8) is 0 Å². The van der Waals surface area contributed by atoms with E-state index in [4.69, 9.17) is 23.7 Å². The number of dihydropyridines is 1. The zero-order valence-corrected chi connectivity index (χ0v) is 24.6. The molecule has 0 saturated heterocycles. The number of nitrogens with zero attached hydrogens (tertiary/aromatic N) is 1. The first-order valence-electron chi connectivity index (χ1n) is 13.8. The quantitative estimate of drug-likeness (QED) is 0.101. The Balaban J connectivity index is 1.64. The number of carbonyl (C=O) groups is 2. The van der Waals surface area contributed by atoms with Crippen molar-refractivity contribution in [2.24, 2.45) is 0 Å². The number of hydrogen-bond donors (Lipinski definition) is 1. The summed E-state index contributed by atoms with van der Waals surface area (Å²) in [5.74, 6) is -1.65. The molecule has 11 heteroatoms. The van der Waals surface area contributed by atoms with Gasteiger partial charge in [-0.15, -0.1) is 0 Å². The standard InChI is InChI=1S/C31H38N2O9/c1-6-14-39-19-42-20(2)17-23-10-12-26(13-11-23)40-15-16-41-31(35)28-22(4)32-21(3)27(30(34)38-5)29(28)24-8-7-9-25(18-24)33(36)37/h7-13,18,20,29,32H,6,14-17,19H2,1-5H3/t20-,29?/m0/s1. The summed E-state index contributed by atoms with van der Waals surface area (Å²) in [5, 5.41) is 14.5. The molecule has 1 unspecified atom stereocenters. The molecule has 3 rings (SSSR count). The smallest absolute Gasteiger partial charge is 0.336 e. The van der Waals surface area contributed by atoms with Crippen molar-refractivity contribution < 1.29 is 38.2 Å². The van der Waals surface area contributed by atoms with Gasteiger partial charge in [-0.3, -0.25) is 10.1 Å². The number of nitro benzene ring substituents is 1. The number of nitro groups is 1. The monoisotopic (exact) mass is 582 g/mol. The highest BCUT2D eigenvalue weighted by molar-refractivity contribution is 5.99. The van der Waals surface area contributed by atoms with Crippen molar-refractivity contribution in [3.05, 3.63) is 92.3 Å². The lowest BCUT2D eigenvalue weighted by molar-refractivity contribution is -0.384. The summed E-state index contributed by atoms with van der Waals surface area (Å²) in [6, 6.07) is 13.4. The number of benzene rings is 2. The fourth-order valence-electron chi connectivity index (χ4n) is 4.65. The second kappa shape index (κ2) is 15.7. The largest absolute Gasteiger partial charge is 0.490 e. The van der Waals surface area contributed by atoms with Crippen LogP contribution in [0, 0.1) is 10.1 Å². The lowest BCUT2D eigenvalue weighted by Gasteiger charge is -2.30. The summed E-state index contributed by atoms with van der Waals surface area (Å²) in [5.41, 5.74) is 2.57. The predicted octanol–water partition coefficient (Wildman–Crippen LogP) is 4.96. The lowest BCUT2D eigenvalue weighted by Crippen LogP contribution is -2.32. The molecule has 1 N–H and O–H groups in total. The van der Waals surface area contributed by atoms with Crippen molar-refractivity contribution in [2.75, 3.05) is 33.7 Å². The van der Waals surface area contributed by atoms with E-state index in [1.165, 1.54) is 25.3 Å². The van der Waals surface area contributed by atoms with E-state index < -0.39 is 22.8 Å². The van der Waals surface area contributed by atoms with Crippen molar-refractivity contribution in [2.45, 2.75) is 52.6 Å². The van der Waals surface area contributed by atoms with Crippen molar-refractivity contribution in [1.29, 1.82) is 0 Å². The summed E-state index contributed by atoms with van der Waals surface area (Å²) >= 11 is 0. The van der Waals surface area contributed by atoms with Gasteiger partial charge in [-0.05, 0) is 56.9 Å². The van der Waals surface area contributed by atoms with E-state index in [-0.39, 0.29) is 42.9 Å². The molecule has 0 spiro atoms. The molecular weight excluding hydrogens is 544 g/mol. The molecule has 11 nitrogen and oxygen atoms in total. The van der Waals surface area contributed by atoms with E-state index >= 15 is 0 Å². The minimum Gasteiger partial charge on any atom is -0.490 e. The summed E-state index contributed by atoms with van der Waals surface area (Å²) in [6.45, 7) is 8.37. The molecule has 0 radical (unpaired) electrons. The van der Waals surface area contributed by atoms with Gasteiger partial charge in [0.15, 0.2) is 0 Å². The van der Waals surface area contributed by atoms with Crippen LogP contribution >= 0.6 is 0 Å². The topological polar surface area (TPSA) is 135 Å². The average Bonchev–Trinajstić information content (AvgIpc) is 2.97. The number of allylic oxidation sites excluding steroid dienone is 2. The summed E-state index contributed by atoms with van der Waals surface area (Å²) in [6.07, 6.45) is 1.68. The number of nitrogens with one attached hydrogen (secondary N) is 1. The minimum atomic E-state index is -0.927. The molecule has 0 saturated carbocycles. The van der Waals surface area contributed by atoms with Gasteiger partial charge >= 0.3 is 11.9 Å². The first-order chi connectivity index (χ1) is 20.2. The fourth-order valence-corrected chi connectivity index (χ4v) is 4.65. The van der Waals surface area contributed by atoms with E-state index in [1.54, 1.807) is 19.9 Å². The summed E-state index contributed by atoms with van der Waals surface area (Å²) in [7, 11) is 1.23. The lowest BCUT2D eigenvalue weighted by atomic mass is 9.80. The highest BCUT2D eigenvalue weighted by atomic mass is 16.7. The minimum absolute atomic E-state index is 0.00394. The molecule has 0 amide bonds.